The number of hydrogen-bond donors (Lipinski definition) is 3. The van der Waals surface area contributed by atoms with Crippen molar-refractivity contribution in [1.29, 1.82) is 0 Å². The van der Waals surface area contributed by atoms with Crippen LogP contribution in [0.4, 0.5) is 10.1 Å². The Bertz CT molecular complexity index is 1260. The van der Waals surface area contributed by atoms with E-state index in [-0.39, 0.29) is 17.8 Å². The summed E-state index contributed by atoms with van der Waals surface area (Å²) >= 11 is 0. The van der Waals surface area contributed by atoms with Crippen molar-refractivity contribution in [2.24, 2.45) is 0 Å². The number of carbonyl (C=O) groups excluding carboxylic acids is 1. The van der Waals surface area contributed by atoms with E-state index in [1.54, 1.807) is 24.5 Å². The van der Waals surface area contributed by atoms with Gasteiger partial charge in [-0.25, -0.2) is 9.37 Å². The Balaban J connectivity index is 1.17. The summed E-state index contributed by atoms with van der Waals surface area (Å²) in [6.45, 7) is 1.09. The average molecular weight is 446 g/mol. The van der Waals surface area contributed by atoms with Gasteiger partial charge in [0.15, 0.2) is 11.6 Å². The van der Waals surface area contributed by atoms with Crippen LogP contribution in [0.25, 0.3) is 11.0 Å². The van der Waals surface area contributed by atoms with Gasteiger partial charge in [-0.05, 0) is 36.2 Å². The fraction of sp³-hybridized carbons (Fsp3) is 0.200. The maximum Gasteiger partial charge on any atom is 0.241 e. The molecule has 4 aromatic rings. The lowest BCUT2D eigenvalue weighted by molar-refractivity contribution is -0.118. The molecule has 168 valence electrons. The maximum absolute atomic E-state index is 14.7. The van der Waals surface area contributed by atoms with Crippen molar-refractivity contribution < 1.29 is 18.7 Å². The summed E-state index contributed by atoms with van der Waals surface area (Å²) in [7, 11) is 0. The van der Waals surface area contributed by atoms with E-state index in [0.717, 1.165) is 10.9 Å². The van der Waals surface area contributed by atoms with Crippen LogP contribution in [0.2, 0.25) is 0 Å². The number of aromatic amines is 1. The van der Waals surface area contributed by atoms with E-state index in [9.17, 15) is 9.18 Å². The molecule has 8 heteroatoms. The Kier molecular flexibility index (Phi) is 6.01. The highest BCUT2D eigenvalue weighted by Gasteiger charge is 2.30. The molecule has 3 heterocycles. The largest absolute Gasteiger partial charge is 0.453 e. The van der Waals surface area contributed by atoms with Crippen molar-refractivity contribution >= 4 is 22.6 Å². The van der Waals surface area contributed by atoms with Gasteiger partial charge in [0.1, 0.15) is 11.4 Å². The van der Waals surface area contributed by atoms with Crippen molar-refractivity contribution in [3.05, 3.63) is 84.4 Å². The first-order valence-electron chi connectivity index (χ1n) is 10.7. The molecule has 0 saturated carbocycles. The maximum atomic E-state index is 14.7. The van der Waals surface area contributed by atoms with Gasteiger partial charge in [0.05, 0.1) is 24.1 Å². The summed E-state index contributed by atoms with van der Waals surface area (Å²) < 4.78 is 26.3. The van der Waals surface area contributed by atoms with Crippen LogP contribution in [0.3, 0.4) is 0 Å². The summed E-state index contributed by atoms with van der Waals surface area (Å²) in [5, 5.41) is 6.70. The van der Waals surface area contributed by atoms with Crippen LogP contribution in [0.1, 0.15) is 12.0 Å². The van der Waals surface area contributed by atoms with Crippen LogP contribution in [0.15, 0.2) is 73.1 Å². The van der Waals surface area contributed by atoms with E-state index in [2.05, 4.69) is 20.6 Å². The van der Waals surface area contributed by atoms with Crippen LogP contribution < -0.4 is 15.4 Å². The number of pyridine rings is 1. The third kappa shape index (κ3) is 4.87. The number of H-pyrrole nitrogens is 1. The lowest BCUT2D eigenvalue weighted by Crippen LogP contribution is -2.35. The molecule has 0 unspecified atom stereocenters. The molecule has 1 aliphatic heterocycles. The number of carbonyl (C=O) groups is 1. The number of nitrogens with zero attached hydrogens (tertiary/aromatic N) is 1. The summed E-state index contributed by atoms with van der Waals surface area (Å²) in [6.07, 6.45) is 3.83. The van der Waals surface area contributed by atoms with Crippen molar-refractivity contribution in [3.63, 3.8) is 0 Å². The molecule has 0 aliphatic carbocycles. The second kappa shape index (κ2) is 9.40. The summed E-state index contributed by atoms with van der Waals surface area (Å²) in [5.74, 6) is -0.238. The minimum absolute atomic E-state index is 0.0564. The second-order valence-electron chi connectivity index (χ2n) is 7.90. The van der Waals surface area contributed by atoms with E-state index in [4.69, 9.17) is 9.47 Å². The van der Waals surface area contributed by atoms with Crippen molar-refractivity contribution in [2.45, 2.75) is 25.2 Å². The van der Waals surface area contributed by atoms with Crippen LogP contribution in [0, 0.1) is 5.82 Å². The quantitative estimate of drug-likeness (QED) is 0.392. The number of fused-ring (bicyclic) bond motifs is 1. The molecule has 3 N–H and O–H groups in total. The Hall–Kier alpha value is -3.75. The van der Waals surface area contributed by atoms with Crippen molar-refractivity contribution in [3.8, 4) is 11.5 Å². The first-order valence-corrected chi connectivity index (χ1v) is 10.7. The number of halogens is 1. The van der Waals surface area contributed by atoms with Gasteiger partial charge in [-0.2, -0.15) is 0 Å². The molecule has 7 nitrogen and oxygen atoms in total. The smallest absolute Gasteiger partial charge is 0.241 e. The highest BCUT2D eigenvalue weighted by atomic mass is 19.1. The Labute approximate surface area is 189 Å². The molecule has 2 aromatic carbocycles. The summed E-state index contributed by atoms with van der Waals surface area (Å²) in [5.41, 5.74) is 2.11. The van der Waals surface area contributed by atoms with Crippen LogP contribution >= 0.6 is 0 Å². The van der Waals surface area contributed by atoms with E-state index in [1.165, 1.54) is 12.1 Å². The average Bonchev–Trinajstić information content (AvgIpc) is 3.50. The SMILES string of the molecule is O=C(Nc1ccc(Oc2ccnc3[nH]ccc23)c(F)c1)[C@@H]1C[C@@H](OCc2ccccc2)CN1. The Morgan fingerprint density at radius 1 is 1.12 bits per heavy atom. The molecule has 1 amide bonds. The number of anilines is 1. The van der Waals surface area contributed by atoms with Crippen molar-refractivity contribution in [1.82, 2.24) is 15.3 Å². The molecule has 2 aromatic heterocycles. The van der Waals surface area contributed by atoms with Gasteiger partial charge in [-0.15, -0.1) is 0 Å². The van der Waals surface area contributed by atoms with Crippen molar-refractivity contribution in [2.75, 3.05) is 11.9 Å². The molecule has 0 bridgehead atoms. The predicted octanol–water partition coefficient (Wildman–Crippen LogP) is 4.38. The van der Waals surface area contributed by atoms with Gasteiger partial charge in [-0.1, -0.05) is 30.3 Å². The highest BCUT2D eigenvalue weighted by Crippen LogP contribution is 2.31. The van der Waals surface area contributed by atoms with Gasteiger partial charge in [0, 0.05) is 30.7 Å². The number of aromatic nitrogens is 2. The first kappa shape index (κ1) is 21.1. The third-order valence-corrected chi connectivity index (χ3v) is 5.58. The first-order chi connectivity index (χ1) is 16.2. The molecule has 5 rings (SSSR count). The second-order valence-corrected chi connectivity index (χ2v) is 7.90. The number of ether oxygens (including phenoxy) is 2. The molecule has 1 saturated heterocycles. The Morgan fingerprint density at radius 2 is 2.00 bits per heavy atom. The predicted molar refractivity (Wildman–Crippen MR) is 123 cm³/mol. The fourth-order valence-electron chi connectivity index (χ4n) is 3.85. The van der Waals surface area contributed by atoms with E-state index >= 15 is 0 Å². The fourth-order valence-corrected chi connectivity index (χ4v) is 3.85. The lowest BCUT2D eigenvalue weighted by Gasteiger charge is -2.13. The van der Waals surface area contributed by atoms with Gasteiger partial charge in [0.25, 0.3) is 0 Å². The monoisotopic (exact) mass is 446 g/mol. The van der Waals surface area contributed by atoms with Gasteiger partial charge in [-0.3, -0.25) is 4.79 Å². The van der Waals surface area contributed by atoms with Crippen LogP contribution in [0.5, 0.6) is 11.5 Å². The summed E-state index contributed by atoms with van der Waals surface area (Å²) in [4.78, 5) is 19.8. The normalized spacial score (nSPS) is 17.8. The number of benzene rings is 2. The number of nitrogens with one attached hydrogen (secondary N) is 3. The number of hydrogen-bond acceptors (Lipinski definition) is 5. The van der Waals surface area contributed by atoms with Crippen LogP contribution in [-0.2, 0) is 16.1 Å². The zero-order valence-electron chi connectivity index (χ0n) is 17.8. The number of amides is 1. The molecule has 33 heavy (non-hydrogen) atoms. The van der Waals surface area contributed by atoms with Gasteiger partial charge in [0.2, 0.25) is 5.91 Å². The standard InChI is InChI=1S/C25H23FN4O3/c26-20-12-17(6-7-23(20)33-22-9-11-28-24-19(22)8-10-27-24)30-25(31)21-13-18(14-29-21)32-15-16-4-2-1-3-5-16/h1-12,18,21,29H,13-15H2,(H,27,28)(H,30,31)/t18-,21+/m1/s1. The van der Waals surface area contributed by atoms with E-state index in [0.29, 0.717) is 36.7 Å². The van der Waals surface area contributed by atoms with Crippen LogP contribution in [-0.4, -0.2) is 34.6 Å². The summed E-state index contributed by atoms with van der Waals surface area (Å²) in [6, 6.07) is 17.4. The zero-order valence-corrected chi connectivity index (χ0v) is 17.8. The van der Waals surface area contributed by atoms with E-state index < -0.39 is 11.9 Å². The van der Waals surface area contributed by atoms with E-state index in [1.807, 2.05) is 36.4 Å². The molecule has 0 spiro atoms. The topological polar surface area (TPSA) is 88.3 Å². The minimum Gasteiger partial charge on any atom is -0.453 e. The molecule has 1 aliphatic rings. The molecule has 1 fully saturated rings. The Morgan fingerprint density at radius 3 is 2.85 bits per heavy atom. The molecule has 2 atom stereocenters. The minimum atomic E-state index is -0.572. The third-order valence-electron chi connectivity index (χ3n) is 5.58. The number of rotatable bonds is 7. The molecule has 0 radical (unpaired) electrons. The highest BCUT2D eigenvalue weighted by molar-refractivity contribution is 5.95. The molecular formula is C25H23FN4O3. The van der Waals surface area contributed by atoms with Gasteiger partial charge >= 0.3 is 0 Å². The lowest BCUT2D eigenvalue weighted by atomic mass is 10.1. The zero-order chi connectivity index (χ0) is 22.6. The molecular weight excluding hydrogens is 423 g/mol. The van der Waals surface area contributed by atoms with Gasteiger partial charge < -0.3 is 25.1 Å².